The highest BCUT2D eigenvalue weighted by Crippen LogP contribution is 2.32. The maximum Gasteiger partial charge on any atom is 0.231 e. The van der Waals surface area contributed by atoms with E-state index in [1.807, 2.05) is 23.1 Å². The van der Waals surface area contributed by atoms with Gasteiger partial charge in [-0.25, -0.2) is 4.39 Å². The molecule has 1 atom stereocenters. The molecule has 3 heteroatoms. The normalized spacial score (nSPS) is 17.1. The van der Waals surface area contributed by atoms with Gasteiger partial charge in [-0.3, -0.25) is 4.79 Å². The second-order valence-electron chi connectivity index (χ2n) is 5.25. The largest absolute Gasteiger partial charge is 0.309 e. The Morgan fingerprint density at radius 1 is 1.20 bits per heavy atom. The molecule has 102 valence electrons. The monoisotopic (exact) mass is 269 g/mol. The lowest BCUT2D eigenvalue weighted by Gasteiger charge is -2.22. The van der Waals surface area contributed by atoms with Crippen LogP contribution in [-0.2, 0) is 17.6 Å². The summed E-state index contributed by atoms with van der Waals surface area (Å²) < 4.78 is 12.9. The van der Waals surface area contributed by atoms with Crippen LogP contribution in [-0.4, -0.2) is 11.9 Å². The van der Waals surface area contributed by atoms with E-state index in [1.165, 1.54) is 17.7 Å². The molecule has 0 saturated carbocycles. The van der Waals surface area contributed by atoms with Crippen LogP contribution in [0.1, 0.15) is 18.1 Å². The number of para-hydroxylation sites is 1. The van der Waals surface area contributed by atoms with E-state index in [4.69, 9.17) is 0 Å². The number of hydrogen-bond donors (Lipinski definition) is 0. The molecule has 0 saturated heterocycles. The van der Waals surface area contributed by atoms with Gasteiger partial charge in [0.05, 0.1) is 6.42 Å². The number of nitrogens with zero attached hydrogens (tertiary/aromatic N) is 1. The van der Waals surface area contributed by atoms with Crippen molar-refractivity contribution >= 4 is 11.6 Å². The highest BCUT2D eigenvalue weighted by Gasteiger charge is 2.30. The first-order valence-corrected chi connectivity index (χ1v) is 6.79. The summed E-state index contributed by atoms with van der Waals surface area (Å²) in [4.78, 5) is 14.4. The molecule has 2 nitrogen and oxygen atoms in total. The summed E-state index contributed by atoms with van der Waals surface area (Å²) in [7, 11) is 0. The summed E-state index contributed by atoms with van der Waals surface area (Å²) >= 11 is 0. The van der Waals surface area contributed by atoms with Crippen LogP contribution in [0.2, 0.25) is 0 Å². The van der Waals surface area contributed by atoms with Crippen LogP contribution in [0.4, 0.5) is 10.1 Å². The Morgan fingerprint density at radius 2 is 1.90 bits per heavy atom. The van der Waals surface area contributed by atoms with E-state index < -0.39 is 0 Å². The van der Waals surface area contributed by atoms with Crippen molar-refractivity contribution in [3.8, 4) is 0 Å². The van der Waals surface area contributed by atoms with E-state index in [9.17, 15) is 9.18 Å². The molecule has 0 aliphatic carbocycles. The van der Waals surface area contributed by atoms with Crippen molar-refractivity contribution in [3.05, 3.63) is 65.5 Å². The van der Waals surface area contributed by atoms with E-state index in [0.29, 0.717) is 6.42 Å². The summed E-state index contributed by atoms with van der Waals surface area (Å²) in [6.45, 7) is 2.06. The van der Waals surface area contributed by atoms with E-state index >= 15 is 0 Å². The molecule has 2 aromatic rings. The molecule has 0 spiro atoms. The fraction of sp³-hybridized carbons (Fsp3) is 0.235. The van der Waals surface area contributed by atoms with Crippen LogP contribution < -0.4 is 4.90 Å². The summed E-state index contributed by atoms with van der Waals surface area (Å²) in [5.74, 6) is -0.213. The molecule has 0 aromatic heterocycles. The zero-order valence-corrected chi connectivity index (χ0v) is 11.3. The number of carbonyl (C=O) groups is 1. The molecule has 0 bridgehead atoms. The van der Waals surface area contributed by atoms with Crippen molar-refractivity contribution in [2.45, 2.75) is 25.8 Å². The zero-order chi connectivity index (χ0) is 14.1. The molecule has 1 aliphatic heterocycles. The van der Waals surface area contributed by atoms with Crippen molar-refractivity contribution in [1.29, 1.82) is 0 Å². The third kappa shape index (κ3) is 2.31. The van der Waals surface area contributed by atoms with Gasteiger partial charge in [0.15, 0.2) is 0 Å². The van der Waals surface area contributed by atoms with Gasteiger partial charge in [0, 0.05) is 11.7 Å². The number of anilines is 1. The third-order valence-corrected chi connectivity index (χ3v) is 3.74. The molecule has 1 amide bonds. The van der Waals surface area contributed by atoms with E-state index in [1.54, 1.807) is 12.1 Å². The Kier molecular flexibility index (Phi) is 3.26. The summed E-state index contributed by atoms with van der Waals surface area (Å²) in [5, 5.41) is 0. The minimum absolute atomic E-state index is 0.0639. The Balaban J connectivity index is 1.82. The fourth-order valence-electron chi connectivity index (χ4n) is 2.81. The Labute approximate surface area is 117 Å². The molecule has 0 fully saturated rings. The molecule has 20 heavy (non-hydrogen) atoms. The van der Waals surface area contributed by atoms with Crippen LogP contribution in [0.15, 0.2) is 48.5 Å². The second-order valence-corrected chi connectivity index (χ2v) is 5.25. The average Bonchev–Trinajstić information content (AvgIpc) is 2.77. The predicted octanol–water partition coefficient (Wildman–Crippen LogP) is 3.35. The molecule has 1 heterocycles. The van der Waals surface area contributed by atoms with Crippen molar-refractivity contribution < 1.29 is 9.18 Å². The van der Waals surface area contributed by atoms with Gasteiger partial charge < -0.3 is 4.90 Å². The second kappa shape index (κ2) is 5.08. The van der Waals surface area contributed by atoms with Gasteiger partial charge in [-0.05, 0) is 42.7 Å². The molecule has 0 N–H and O–H groups in total. The number of amides is 1. The van der Waals surface area contributed by atoms with Crippen molar-refractivity contribution in [1.82, 2.24) is 0 Å². The molecule has 2 aromatic carbocycles. The number of hydrogen-bond acceptors (Lipinski definition) is 1. The van der Waals surface area contributed by atoms with Crippen molar-refractivity contribution in [2.24, 2.45) is 0 Å². The maximum absolute atomic E-state index is 12.9. The van der Waals surface area contributed by atoms with Gasteiger partial charge in [0.25, 0.3) is 0 Å². The van der Waals surface area contributed by atoms with Crippen LogP contribution in [0, 0.1) is 5.82 Å². The van der Waals surface area contributed by atoms with E-state index in [2.05, 4.69) is 13.0 Å². The van der Waals surface area contributed by atoms with Crippen LogP contribution in [0.3, 0.4) is 0 Å². The zero-order valence-electron chi connectivity index (χ0n) is 11.3. The lowest BCUT2D eigenvalue weighted by Crippen LogP contribution is -2.36. The number of fused-ring (bicyclic) bond motifs is 1. The topological polar surface area (TPSA) is 20.3 Å². The smallest absolute Gasteiger partial charge is 0.231 e. The third-order valence-electron chi connectivity index (χ3n) is 3.74. The van der Waals surface area contributed by atoms with E-state index in [0.717, 1.165) is 17.7 Å². The van der Waals surface area contributed by atoms with Gasteiger partial charge in [0.2, 0.25) is 5.91 Å². The molecule has 0 unspecified atom stereocenters. The summed E-state index contributed by atoms with van der Waals surface area (Å²) in [6.07, 6.45) is 1.20. The highest BCUT2D eigenvalue weighted by atomic mass is 19.1. The number of benzene rings is 2. The first-order valence-electron chi connectivity index (χ1n) is 6.79. The molecule has 3 rings (SSSR count). The average molecular weight is 269 g/mol. The molecule has 0 radical (unpaired) electrons. The quantitative estimate of drug-likeness (QED) is 0.818. The van der Waals surface area contributed by atoms with Crippen molar-refractivity contribution in [2.75, 3.05) is 4.90 Å². The van der Waals surface area contributed by atoms with Gasteiger partial charge in [-0.2, -0.15) is 0 Å². The van der Waals surface area contributed by atoms with Crippen LogP contribution in [0.25, 0.3) is 0 Å². The first kappa shape index (κ1) is 12.9. The first-order chi connectivity index (χ1) is 9.65. The van der Waals surface area contributed by atoms with Gasteiger partial charge >= 0.3 is 0 Å². The van der Waals surface area contributed by atoms with Crippen LogP contribution in [0.5, 0.6) is 0 Å². The van der Waals surface area contributed by atoms with Gasteiger partial charge in [-0.15, -0.1) is 0 Å². The SMILES string of the molecule is C[C@@H]1Cc2ccccc2N1C(=O)Cc1ccc(F)cc1. The molecular formula is C17H16FNO. The summed E-state index contributed by atoms with van der Waals surface area (Å²) in [5.41, 5.74) is 3.06. The van der Waals surface area contributed by atoms with Crippen molar-refractivity contribution in [3.63, 3.8) is 0 Å². The number of halogens is 1. The lowest BCUT2D eigenvalue weighted by molar-refractivity contribution is -0.118. The number of rotatable bonds is 2. The Hall–Kier alpha value is -2.16. The maximum atomic E-state index is 12.9. The lowest BCUT2D eigenvalue weighted by atomic mass is 10.1. The molecular weight excluding hydrogens is 253 g/mol. The van der Waals surface area contributed by atoms with Gasteiger partial charge in [-0.1, -0.05) is 30.3 Å². The van der Waals surface area contributed by atoms with Gasteiger partial charge in [0.1, 0.15) is 5.82 Å². The Bertz CT molecular complexity index is 636. The highest BCUT2D eigenvalue weighted by molar-refractivity contribution is 5.97. The minimum atomic E-state index is -0.277. The fourth-order valence-corrected chi connectivity index (χ4v) is 2.81. The summed E-state index contributed by atoms with van der Waals surface area (Å²) in [6, 6.07) is 14.3. The standard InChI is InChI=1S/C17H16FNO/c1-12-10-14-4-2-3-5-16(14)19(12)17(20)11-13-6-8-15(18)9-7-13/h2-9,12H,10-11H2,1H3/t12-/m1/s1. The molecule has 1 aliphatic rings. The van der Waals surface area contributed by atoms with Crippen LogP contribution >= 0.6 is 0 Å². The Morgan fingerprint density at radius 3 is 2.65 bits per heavy atom. The van der Waals surface area contributed by atoms with E-state index in [-0.39, 0.29) is 17.8 Å². The predicted molar refractivity (Wildman–Crippen MR) is 77.2 cm³/mol. The minimum Gasteiger partial charge on any atom is -0.309 e. The number of carbonyl (C=O) groups excluding carboxylic acids is 1.